The number of para-hydroxylation sites is 2. The maximum absolute atomic E-state index is 12.6. The molecule has 0 unspecified atom stereocenters. The maximum Gasteiger partial charge on any atom is 0.265 e. The SMILES string of the molecule is O=C(CCN1C(=O)COc2ccccc21)Nc1ccc(Cl)cc1-n1cccc1. The summed E-state index contributed by atoms with van der Waals surface area (Å²) in [5.74, 6) is 0.300. The Labute approximate surface area is 167 Å². The van der Waals surface area contributed by atoms with Crippen LogP contribution in [0.1, 0.15) is 6.42 Å². The molecule has 0 fully saturated rings. The lowest BCUT2D eigenvalue weighted by atomic mass is 10.2. The summed E-state index contributed by atoms with van der Waals surface area (Å²) in [7, 11) is 0. The van der Waals surface area contributed by atoms with Gasteiger partial charge in [-0.15, -0.1) is 0 Å². The van der Waals surface area contributed by atoms with Gasteiger partial charge >= 0.3 is 0 Å². The summed E-state index contributed by atoms with van der Waals surface area (Å²) in [5, 5.41) is 3.50. The van der Waals surface area contributed by atoms with Gasteiger partial charge in [-0.05, 0) is 42.5 Å². The summed E-state index contributed by atoms with van der Waals surface area (Å²) in [5.41, 5.74) is 2.11. The number of hydrogen-bond donors (Lipinski definition) is 1. The number of benzene rings is 2. The van der Waals surface area contributed by atoms with Crippen molar-refractivity contribution in [1.29, 1.82) is 0 Å². The fraction of sp³-hybridized carbons (Fsp3) is 0.143. The number of aromatic nitrogens is 1. The first kappa shape index (κ1) is 18.1. The zero-order valence-electron chi connectivity index (χ0n) is 15.0. The van der Waals surface area contributed by atoms with Crippen molar-refractivity contribution >= 4 is 34.8 Å². The van der Waals surface area contributed by atoms with E-state index in [0.29, 0.717) is 22.1 Å². The molecule has 4 rings (SSSR count). The number of anilines is 2. The van der Waals surface area contributed by atoms with Crippen LogP contribution in [0.3, 0.4) is 0 Å². The molecule has 1 aromatic heterocycles. The Hall–Kier alpha value is -3.25. The van der Waals surface area contributed by atoms with Gasteiger partial charge in [0, 0.05) is 30.4 Å². The van der Waals surface area contributed by atoms with E-state index >= 15 is 0 Å². The molecule has 142 valence electrons. The second-order valence-electron chi connectivity index (χ2n) is 6.35. The van der Waals surface area contributed by atoms with Crippen LogP contribution in [-0.2, 0) is 9.59 Å². The van der Waals surface area contributed by atoms with Crippen molar-refractivity contribution in [2.45, 2.75) is 6.42 Å². The normalized spacial score (nSPS) is 13.0. The van der Waals surface area contributed by atoms with Crippen LogP contribution in [0.4, 0.5) is 11.4 Å². The minimum absolute atomic E-state index is 0.0202. The summed E-state index contributed by atoms with van der Waals surface area (Å²) >= 11 is 6.11. The van der Waals surface area contributed by atoms with E-state index in [9.17, 15) is 9.59 Å². The topological polar surface area (TPSA) is 63.6 Å². The molecule has 0 aliphatic carbocycles. The van der Waals surface area contributed by atoms with Crippen molar-refractivity contribution in [1.82, 2.24) is 4.57 Å². The molecule has 2 heterocycles. The van der Waals surface area contributed by atoms with Crippen molar-refractivity contribution in [3.63, 3.8) is 0 Å². The fourth-order valence-electron chi connectivity index (χ4n) is 3.14. The van der Waals surface area contributed by atoms with Gasteiger partial charge in [0.05, 0.1) is 17.1 Å². The molecule has 2 amide bonds. The zero-order valence-corrected chi connectivity index (χ0v) is 15.7. The molecule has 0 atom stereocenters. The first-order valence-electron chi connectivity index (χ1n) is 8.87. The summed E-state index contributed by atoms with van der Waals surface area (Å²) in [6.07, 6.45) is 3.92. The largest absolute Gasteiger partial charge is 0.482 e. The number of hydrogen-bond acceptors (Lipinski definition) is 3. The van der Waals surface area contributed by atoms with Gasteiger partial charge in [-0.3, -0.25) is 9.59 Å². The number of carbonyl (C=O) groups excluding carboxylic acids is 2. The van der Waals surface area contributed by atoms with Gasteiger partial charge in [0.2, 0.25) is 5.91 Å². The van der Waals surface area contributed by atoms with Gasteiger partial charge in [-0.25, -0.2) is 0 Å². The molecular formula is C21H18ClN3O3. The molecule has 6 nitrogen and oxygen atoms in total. The van der Waals surface area contributed by atoms with Crippen molar-refractivity contribution in [3.8, 4) is 11.4 Å². The highest BCUT2D eigenvalue weighted by atomic mass is 35.5. The third-order valence-electron chi connectivity index (χ3n) is 4.49. The van der Waals surface area contributed by atoms with E-state index in [0.717, 1.165) is 5.69 Å². The van der Waals surface area contributed by atoms with Crippen LogP contribution in [0, 0.1) is 0 Å². The molecule has 1 aliphatic rings. The highest BCUT2D eigenvalue weighted by Gasteiger charge is 2.25. The third-order valence-corrected chi connectivity index (χ3v) is 4.72. The Kier molecular flexibility index (Phi) is 5.04. The molecule has 0 saturated heterocycles. The zero-order chi connectivity index (χ0) is 19.5. The highest BCUT2D eigenvalue weighted by Crippen LogP contribution is 2.31. The Balaban J connectivity index is 1.47. The number of fused-ring (bicyclic) bond motifs is 1. The molecular weight excluding hydrogens is 378 g/mol. The second-order valence-corrected chi connectivity index (χ2v) is 6.79. The smallest absolute Gasteiger partial charge is 0.265 e. The lowest BCUT2D eigenvalue weighted by Gasteiger charge is -2.29. The van der Waals surface area contributed by atoms with Crippen molar-refractivity contribution < 1.29 is 14.3 Å². The van der Waals surface area contributed by atoms with Crippen LogP contribution in [0.15, 0.2) is 67.0 Å². The Morgan fingerprint density at radius 2 is 1.86 bits per heavy atom. The molecule has 28 heavy (non-hydrogen) atoms. The maximum atomic E-state index is 12.6. The summed E-state index contributed by atoms with van der Waals surface area (Å²) in [6.45, 7) is 0.255. The molecule has 1 aliphatic heterocycles. The summed E-state index contributed by atoms with van der Waals surface area (Å²) in [4.78, 5) is 26.4. The highest BCUT2D eigenvalue weighted by molar-refractivity contribution is 6.31. The molecule has 0 bridgehead atoms. The van der Waals surface area contributed by atoms with Crippen LogP contribution < -0.4 is 15.0 Å². The Morgan fingerprint density at radius 3 is 2.68 bits per heavy atom. The van der Waals surface area contributed by atoms with E-state index in [1.807, 2.05) is 53.4 Å². The van der Waals surface area contributed by atoms with E-state index in [1.54, 1.807) is 23.1 Å². The van der Waals surface area contributed by atoms with Gasteiger partial charge in [0.25, 0.3) is 5.91 Å². The quantitative estimate of drug-likeness (QED) is 0.713. The van der Waals surface area contributed by atoms with Gasteiger partial charge in [-0.2, -0.15) is 0 Å². The number of nitrogens with one attached hydrogen (secondary N) is 1. The van der Waals surface area contributed by atoms with E-state index in [1.165, 1.54) is 0 Å². The predicted octanol–water partition coefficient (Wildman–Crippen LogP) is 3.88. The average Bonchev–Trinajstić information content (AvgIpc) is 3.23. The molecule has 2 aromatic carbocycles. The lowest BCUT2D eigenvalue weighted by molar-refractivity contribution is -0.121. The van der Waals surface area contributed by atoms with Gasteiger partial charge < -0.3 is 19.5 Å². The second kappa shape index (κ2) is 7.78. The van der Waals surface area contributed by atoms with Crippen molar-refractivity contribution in [2.75, 3.05) is 23.4 Å². The minimum Gasteiger partial charge on any atom is -0.482 e. The number of amides is 2. The molecule has 7 heteroatoms. The van der Waals surface area contributed by atoms with Gasteiger partial charge in [0.1, 0.15) is 5.75 Å². The summed E-state index contributed by atoms with van der Waals surface area (Å²) in [6, 6.07) is 16.4. The number of carbonyl (C=O) groups is 2. The standard InChI is InChI=1S/C21H18ClN3O3/c22-15-7-8-16(18(13-15)24-10-3-4-11-24)23-20(26)9-12-25-17-5-1-2-6-19(17)28-14-21(25)27/h1-8,10-11,13H,9,12,14H2,(H,23,26). The van der Waals surface area contributed by atoms with E-state index in [4.69, 9.17) is 16.3 Å². The van der Waals surface area contributed by atoms with E-state index < -0.39 is 0 Å². The number of rotatable bonds is 5. The monoisotopic (exact) mass is 395 g/mol. The Morgan fingerprint density at radius 1 is 1.07 bits per heavy atom. The van der Waals surface area contributed by atoms with Gasteiger partial charge in [-0.1, -0.05) is 23.7 Å². The molecule has 1 N–H and O–H groups in total. The number of ether oxygens (including phenoxy) is 1. The number of nitrogens with zero attached hydrogens (tertiary/aromatic N) is 2. The van der Waals surface area contributed by atoms with Crippen LogP contribution in [0.2, 0.25) is 5.02 Å². The first-order valence-corrected chi connectivity index (χ1v) is 9.24. The average molecular weight is 396 g/mol. The molecule has 0 spiro atoms. The van der Waals surface area contributed by atoms with Crippen LogP contribution in [0.5, 0.6) is 5.75 Å². The van der Waals surface area contributed by atoms with Crippen molar-refractivity contribution in [3.05, 3.63) is 72.0 Å². The van der Waals surface area contributed by atoms with E-state index in [-0.39, 0.29) is 31.4 Å². The molecule has 3 aromatic rings. The van der Waals surface area contributed by atoms with Crippen LogP contribution in [0.25, 0.3) is 5.69 Å². The van der Waals surface area contributed by atoms with Crippen LogP contribution >= 0.6 is 11.6 Å². The van der Waals surface area contributed by atoms with E-state index in [2.05, 4.69) is 5.32 Å². The predicted molar refractivity (Wildman–Crippen MR) is 108 cm³/mol. The van der Waals surface area contributed by atoms with Crippen molar-refractivity contribution in [2.24, 2.45) is 0 Å². The first-order chi connectivity index (χ1) is 13.6. The Bertz CT molecular complexity index is 1020. The molecule has 0 saturated carbocycles. The molecule has 0 radical (unpaired) electrons. The number of halogens is 1. The fourth-order valence-corrected chi connectivity index (χ4v) is 3.31. The summed E-state index contributed by atoms with van der Waals surface area (Å²) < 4.78 is 7.31. The minimum atomic E-state index is -0.187. The third kappa shape index (κ3) is 3.73. The lowest BCUT2D eigenvalue weighted by Crippen LogP contribution is -2.40. The van der Waals surface area contributed by atoms with Crippen LogP contribution in [-0.4, -0.2) is 29.5 Å². The van der Waals surface area contributed by atoms with Gasteiger partial charge in [0.15, 0.2) is 6.61 Å².